The van der Waals surface area contributed by atoms with E-state index in [1.165, 1.54) is 6.92 Å². The van der Waals surface area contributed by atoms with Gasteiger partial charge in [0.25, 0.3) is 0 Å². The standard InChI is InChI=1S/C17H18N2O7/c1-11(20)26-14-5-2-12(3-6-14)9-24-17(23)19-10-25-16(22)15(19)7-4-13(21)8-18/h2-3,5-6,8,15,18H,4,7,9-10H2,1H3. The monoisotopic (exact) mass is 362 g/mol. The van der Waals surface area contributed by atoms with Crippen molar-refractivity contribution in [2.45, 2.75) is 32.4 Å². The molecule has 0 spiro atoms. The molecule has 1 atom stereocenters. The number of Topliss-reactive ketones (excluding diaryl/α,β-unsaturated/α-hetero) is 1. The van der Waals surface area contributed by atoms with Crippen LogP contribution in [0.15, 0.2) is 24.3 Å². The fourth-order valence-electron chi connectivity index (χ4n) is 2.30. The lowest BCUT2D eigenvalue weighted by Crippen LogP contribution is -2.38. The number of hydrogen-bond acceptors (Lipinski definition) is 8. The number of cyclic esters (lactones) is 1. The summed E-state index contributed by atoms with van der Waals surface area (Å²) in [6.45, 7) is 1.00. The second-order valence-electron chi connectivity index (χ2n) is 5.52. The van der Waals surface area contributed by atoms with Crippen molar-refractivity contribution in [3.05, 3.63) is 29.8 Å². The molecular weight excluding hydrogens is 344 g/mol. The third kappa shape index (κ3) is 5.13. The molecule has 0 radical (unpaired) electrons. The summed E-state index contributed by atoms with van der Waals surface area (Å²) in [4.78, 5) is 47.0. The Hall–Kier alpha value is -3.23. The topological polar surface area (TPSA) is 123 Å². The van der Waals surface area contributed by atoms with E-state index in [4.69, 9.17) is 19.6 Å². The minimum Gasteiger partial charge on any atom is -0.444 e. The molecule has 1 N–H and O–H groups in total. The lowest BCUT2D eigenvalue weighted by molar-refractivity contribution is -0.139. The van der Waals surface area contributed by atoms with Gasteiger partial charge in [-0.2, -0.15) is 0 Å². The fraction of sp³-hybridized carbons (Fsp3) is 0.353. The van der Waals surface area contributed by atoms with Crippen LogP contribution in [0.3, 0.4) is 0 Å². The molecule has 1 aliphatic heterocycles. The van der Waals surface area contributed by atoms with Crippen molar-refractivity contribution in [3.63, 3.8) is 0 Å². The van der Waals surface area contributed by atoms with Gasteiger partial charge in [0.2, 0.25) is 0 Å². The summed E-state index contributed by atoms with van der Waals surface area (Å²) in [5, 5.41) is 6.86. The Morgan fingerprint density at radius 1 is 1.31 bits per heavy atom. The molecule has 2 rings (SSSR count). The molecular formula is C17H18N2O7. The summed E-state index contributed by atoms with van der Waals surface area (Å²) in [6.07, 6.45) is -0.0426. The maximum Gasteiger partial charge on any atom is 0.413 e. The molecule has 0 saturated carbocycles. The molecule has 1 fully saturated rings. The first-order chi connectivity index (χ1) is 12.4. The summed E-state index contributed by atoms with van der Waals surface area (Å²) in [5.74, 6) is -1.10. The predicted octanol–water partition coefficient (Wildman–Crippen LogP) is 1.43. The first-order valence-electron chi connectivity index (χ1n) is 7.81. The van der Waals surface area contributed by atoms with Crippen LogP contribution in [-0.4, -0.2) is 47.7 Å². The van der Waals surface area contributed by atoms with Crippen LogP contribution in [0.2, 0.25) is 0 Å². The maximum absolute atomic E-state index is 12.2. The van der Waals surface area contributed by atoms with Crippen LogP contribution in [-0.2, 0) is 30.5 Å². The molecule has 1 aromatic rings. The van der Waals surface area contributed by atoms with E-state index < -0.39 is 29.9 Å². The van der Waals surface area contributed by atoms with E-state index in [1.54, 1.807) is 24.3 Å². The highest BCUT2D eigenvalue weighted by Crippen LogP contribution is 2.19. The van der Waals surface area contributed by atoms with Gasteiger partial charge in [-0.25, -0.2) is 9.59 Å². The molecule has 0 aromatic heterocycles. The Labute approximate surface area is 149 Å². The highest BCUT2D eigenvalue weighted by molar-refractivity contribution is 6.26. The summed E-state index contributed by atoms with van der Waals surface area (Å²) in [6, 6.07) is 5.50. The predicted molar refractivity (Wildman–Crippen MR) is 87.5 cm³/mol. The Kier molecular flexibility index (Phi) is 6.42. The summed E-state index contributed by atoms with van der Waals surface area (Å²) < 4.78 is 14.9. The molecule has 1 heterocycles. The van der Waals surface area contributed by atoms with Gasteiger partial charge in [0.15, 0.2) is 12.5 Å². The summed E-state index contributed by atoms with van der Waals surface area (Å²) in [5.41, 5.74) is 0.663. The highest BCUT2D eigenvalue weighted by atomic mass is 16.6. The van der Waals surface area contributed by atoms with E-state index in [1.807, 2.05) is 0 Å². The van der Waals surface area contributed by atoms with Gasteiger partial charge in [-0.15, -0.1) is 0 Å². The number of amides is 1. The minimum absolute atomic E-state index is 0.0370. The third-order valence-electron chi connectivity index (χ3n) is 3.60. The second-order valence-corrected chi connectivity index (χ2v) is 5.52. The van der Waals surface area contributed by atoms with Crippen molar-refractivity contribution in [1.82, 2.24) is 4.90 Å². The highest BCUT2D eigenvalue weighted by Gasteiger charge is 2.38. The SMILES string of the molecule is CC(=O)Oc1ccc(COC(=O)N2COC(=O)C2CCC(=O)C=N)cc1. The van der Waals surface area contributed by atoms with Crippen molar-refractivity contribution in [1.29, 1.82) is 5.41 Å². The summed E-state index contributed by atoms with van der Waals surface area (Å²) in [7, 11) is 0. The van der Waals surface area contributed by atoms with Crippen LogP contribution in [0.25, 0.3) is 0 Å². The fourth-order valence-corrected chi connectivity index (χ4v) is 2.30. The Morgan fingerprint density at radius 3 is 2.62 bits per heavy atom. The number of carbonyl (C=O) groups excluding carboxylic acids is 4. The van der Waals surface area contributed by atoms with E-state index in [9.17, 15) is 19.2 Å². The van der Waals surface area contributed by atoms with Crippen LogP contribution >= 0.6 is 0 Å². The van der Waals surface area contributed by atoms with Crippen LogP contribution in [0, 0.1) is 5.41 Å². The lowest BCUT2D eigenvalue weighted by atomic mass is 10.1. The molecule has 1 aliphatic rings. The molecule has 9 heteroatoms. The van der Waals surface area contributed by atoms with E-state index in [-0.39, 0.29) is 26.2 Å². The molecule has 0 aliphatic carbocycles. The number of hydrogen-bond donors (Lipinski definition) is 1. The quantitative estimate of drug-likeness (QED) is 0.442. The van der Waals surface area contributed by atoms with Crippen molar-refractivity contribution in [2.24, 2.45) is 0 Å². The zero-order valence-electron chi connectivity index (χ0n) is 14.1. The average Bonchev–Trinajstić information content (AvgIpc) is 2.99. The van der Waals surface area contributed by atoms with Gasteiger partial charge < -0.3 is 19.6 Å². The van der Waals surface area contributed by atoms with Gasteiger partial charge in [0.05, 0.1) is 6.21 Å². The zero-order valence-corrected chi connectivity index (χ0v) is 14.1. The number of benzene rings is 1. The van der Waals surface area contributed by atoms with Gasteiger partial charge in [-0.1, -0.05) is 12.1 Å². The molecule has 1 saturated heterocycles. The van der Waals surface area contributed by atoms with E-state index in [0.29, 0.717) is 17.5 Å². The number of esters is 2. The number of ketones is 1. The molecule has 1 amide bonds. The van der Waals surface area contributed by atoms with Gasteiger partial charge in [-0.05, 0) is 24.1 Å². The third-order valence-corrected chi connectivity index (χ3v) is 3.60. The Balaban J connectivity index is 1.89. The van der Waals surface area contributed by atoms with Crippen LogP contribution in [0.5, 0.6) is 5.75 Å². The number of rotatable bonds is 7. The van der Waals surface area contributed by atoms with Crippen LogP contribution in [0.4, 0.5) is 4.79 Å². The Bertz CT molecular complexity index is 714. The van der Waals surface area contributed by atoms with E-state index >= 15 is 0 Å². The number of ether oxygens (including phenoxy) is 3. The van der Waals surface area contributed by atoms with Crippen molar-refractivity contribution in [2.75, 3.05) is 6.73 Å². The number of carbonyl (C=O) groups is 4. The summed E-state index contributed by atoms with van der Waals surface area (Å²) >= 11 is 0. The Morgan fingerprint density at radius 2 is 2.00 bits per heavy atom. The first kappa shape index (κ1) is 19.1. The van der Waals surface area contributed by atoms with Gasteiger partial charge in [0.1, 0.15) is 18.4 Å². The van der Waals surface area contributed by atoms with Crippen molar-refractivity contribution < 1.29 is 33.4 Å². The second kappa shape index (κ2) is 8.75. The molecule has 0 bridgehead atoms. The zero-order chi connectivity index (χ0) is 19.1. The molecule has 1 unspecified atom stereocenters. The number of nitrogens with zero attached hydrogens (tertiary/aromatic N) is 1. The van der Waals surface area contributed by atoms with Crippen LogP contribution in [0.1, 0.15) is 25.3 Å². The van der Waals surface area contributed by atoms with Crippen molar-refractivity contribution >= 4 is 30.0 Å². The van der Waals surface area contributed by atoms with Gasteiger partial charge in [-0.3, -0.25) is 14.5 Å². The normalized spacial score (nSPS) is 16.0. The van der Waals surface area contributed by atoms with Gasteiger partial charge >= 0.3 is 18.0 Å². The smallest absolute Gasteiger partial charge is 0.413 e. The van der Waals surface area contributed by atoms with E-state index in [0.717, 1.165) is 4.90 Å². The van der Waals surface area contributed by atoms with Crippen molar-refractivity contribution in [3.8, 4) is 5.75 Å². The molecule has 1 aromatic carbocycles. The average molecular weight is 362 g/mol. The lowest BCUT2D eigenvalue weighted by Gasteiger charge is -2.19. The molecule has 9 nitrogen and oxygen atoms in total. The first-order valence-corrected chi connectivity index (χ1v) is 7.81. The van der Waals surface area contributed by atoms with Crippen LogP contribution < -0.4 is 4.74 Å². The van der Waals surface area contributed by atoms with Gasteiger partial charge in [0, 0.05) is 13.3 Å². The number of nitrogens with one attached hydrogen (secondary N) is 1. The van der Waals surface area contributed by atoms with E-state index in [2.05, 4.69) is 0 Å². The molecule has 26 heavy (non-hydrogen) atoms. The maximum atomic E-state index is 12.2. The molecule has 138 valence electrons. The largest absolute Gasteiger partial charge is 0.444 e. The minimum atomic E-state index is -0.905.